The second kappa shape index (κ2) is 70.2. The molecule has 0 spiro atoms. The molecule has 2 unspecified atom stereocenters. The summed E-state index contributed by atoms with van der Waals surface area (Å²) in [5, 5.41) is 0. The van der Waals surface area contributed by atoms with E-state index in [4.69, 9.17) is 18.5 Å². The van der Waals surface area contributed by atoms with Crippen molar-refractivity contribution in [2.45, 2.75) is 309 Å². The minimum absolute atomic E-state index is 0.0454. The molecular formula is C81H138NO8P. The van der Waals surface area contributed by atoms with Crippen LogP contribution < -0.4 is 4.89 Å². The summed E-state index contributed by atoms with van der Waals surface area (Å²) in [4.78, 5) is 38.1. The van der Waals surface area contributed by atoms with Crippen LogP contribution in [-0.2, 0) is 32.7 Å². The van der Waals surface area contributed by atoms with Crippen LogP contribution in [0.15, 0.2) is 146 Å². The SMILES string of the molecule is CC/C=C\C/C=C\C/C=C\C/C=C\C/C=C\C/C=C\C/C=C\C/C=C\C/C=C\C/C=C\C/C=C\C/C=C\CCCCC(=O)OC(COC(=O)CCCCCCCCCCCCCCCCCCCCCCCCCCCCCC)COP(=O)([O-])OCC[N+](C)(C)C. The Morgan fingerprint density at radius 2 is 0.626 bits per heavy atom. The number of carbonyl (C=O) groups is 2. The summed E-state index contributed by atoms with van der Waals surface area (Å²) in [5.41, 5.74) is 0. The number of nitrogens with zero attached hydrogens (tertiary/aromatic N) is 1. The van der Waals surface area contributed by atoms with E-state index in [1.54, 1.807) is 0 Å². The lowest BCUT2D eigenvalue weighted by Gasteiger charge is -2.28. The number of allylic oxidation sites excluding steroid dienone is 24. The zero-order valence-electron chi connectivity index (χ0n) is 59.2. The van der Waals surface area contributed by atoms with Crippen LogP contribution in [0.25, 0.3) is 0 Å². The van der Waals surface area contributed by atoms with Crippen LogP contribution in [0.5, 0.6) is 0 Å². The van der Waals surface area contributed by atoms with Crippen LogP contribution >= 0.6 is 7.82 Å². The Kier molecular flexibility index (Phi) is 67.0. The Hall–Kier alpha value is -4.11. The van der Waals surface area contributed by atoms with E-state index in [9.17, 15) is 19.0 Å². The van der Waals surface area contributed by atoms with Gasteiger partial charge in [-0.25, -0.2) is 0 Å². The first-order valence-electron chi connectivity index (χ1n) is 37.0. The molecule has 0 N–H and O–H groups in total. The van der Waals surface area contributed by atoms with E-state index in [1.165, 1.54) is 161 Å². The maximum Gasteiger partial charge on any atom is 0.306 e. The van der Waals surface area contributed by atoms with E-state index in [2.05, 4.69) is 160 Å². The minimum Gasteiger partial charge on any atom is -0.756 e. The molecule has 0 fully saturated rings. The smallest absolute Gasteiger partial charge is 0.306 e. The summed E-state index contributed by atoms with van der Waals surface area (Å²) in [6.45, 7) is 4.10. The molecule has 0 aromatic heterocycles. The maximum absolute atomic E-state index is 12.9. The number of ether oxygens (including phenoxy) is 2. The molecule has 0 amide bonds. The van der Waals surface area contributed by atoms with Crippen molar-refractivity contribution in [3.8, 4) is 0 Å². The third-order valence-electron chi connectivity index (χ3n) is 15.6. The molecule has 0 saturated carbocycles. The molecule has 0 aliphatic rings. The van der Waals surface area contributed by atoms with Crippen LogP contribution in [0.4, 0.5) is 0 Å². The first-order valence-corrected chi connectivity index (χ1v) is 38.5. The Bertz CT molecular complexity index is 2050. The third-order valence-corrected chi connectivity index (χ3v) is 16.6. The van der Waals surface area contributed by atoms with E-state index in [-0.39, 0.29) is 26.1 Å². The number of hydrogen-bond donors (Lipinski definition) is 0. The highest BCUT2D eigenvalue weighted by Crippen LogP contribution is 2.38. The van der Waals surface area contributed by atoms with E-state index in [0.29, 0.717) is 17.4 Å². The molecule has 9 nitrogen and oxygen atoms in total. The number of unbranched alkanes of at least 4 members (excludes halogenated alkanes) is 29. The molecule has 0 rings (SSSR count). The average molecular weight is 1280 g/mol. The van der Waals surface area contributed by atoms with E-state index >= 15 is 0 Å². The summed E-state index contributed by atoms with van der Waals surface area (Å²) in [7, 11) is 1.13. The summed E-state index contributed by atoms with van der Waals surface area (Å²) >= 11 is 0. The van der Waals surface area contributed by atoms with Gasteiger partial charge in [0, 0.05) is 12.8 Å². The lowest BCUT2D eigenvalue weighted by Crippen LogP contribution is -2.37. The maximum atomic E-state index is 12.9. The standard InChI is InChI=1S/C81H138NO8P/c1-6-8-10-12-14-16-18-20-22-24-26-28-30-32-34-36-37-38-39-40-41-42-43-44-45-46-48-50-52-54-56-58-60-62-64-66-68-70-72-74-81(84)90-79(78-89-91(85,86)88-76-75-82(3,4)5)77-87-80(83)73-71-69-67-65-63-61-59-57-55-53-51-49-47-35-33-31-29-27-25-23-21-19-17-15-13-11-9-7-2/h8,10,14,16,20,22,26,28,32,34,37-38,40-41,43-44,46,48,52,54,58,60,64,66,79H,6-7,9,11-13,15,17-19,21,23-25,27,29-31,33,35-36,39,42,45,47,49-51,53,55-57,59,61-63,65,67-78H2,1-5H3/b10-8-,16-14-,22-20-,28-26-,34-32-,38-37-,41-40-,44-43-,48-46-,54-52-,60-58-,66-64-. The van der Waals surface area contributed by atoms with Gasteiger partial charge >= 0.3 is 11.9 Å². The van der Waals surface area contributed by atoms with Gasteiger partial charge in [0.15, 0.2) is 6.10 Å². The fourth-order valence-corrected chi connectivity index (χ4v) is 10.7. The molecule has 10 heteroatoms. The van der Waals surface area contributed by atoms with Gasteiger partial charge in [0.1, 0.15) is 19.8 Å². The van der Waals surface area contributed by atoms with Crippen molar-refractivity contribution in [2.75, 3.05) is 47.5 Å². The van der Waals surface area contributed by atoms with E-state index in [1.807, 2.05) is 21.1 Å². The highest BCUT2D eigenvalue weighted by atomic mass is 31.2. The van der Waals surface area contributed by atoms with E-state index < -0.39 is 32.5 Å². The van der Waals surface area contributed by atoms with Crippen molar-refractivity contribution in [3.63, 3.8) is 0 Å². The highest BCUT2D eigenvalue weighted by molar-refractivity contribution is 7.45. The van der Waals surface area contributed by atoms with Crippen LogP contribution in [0.3, 0.4) is 0 Å². The van der Waals surface area contributed by atoms with Crippen LogP contribution in [0.1, 0.15) is 303 Å². The minimum atomic E-state index is -4.66. The molecule has 0 saturated heterocycles. The van der Waals surface area contributed by atoms with Gasteiger partial charge in [-0.1, -0.05) is 333 Å². The van der Waals surface area contributed by atoms with Gasteiger partial charge in [-0.05, 0) is 103 Å². The van der Waals surface area contributed by atoms with Crippen molar-refractivity contribution in [3.05, 3.63) is 146 Å². The van der Waals surface area contributed by atoms with Crippen molar-refractivity contribution in [1.29, 1.82) is 0 Å². The number of carbonyl (C=O) groups excluding carboxylic acids is 2. The van der Waals surface area contributed by atoms with Crippen molar-refractivity contribution >= 4 is 19.8 Å². The number of phosphoric ester groups is 1. The average Bonchev–Trinajstić information content (AvgIpc) is 3.30. The van der Waals surface area contributed by atoms with Gasteiger partial charge in [0.2, 0.25) is 0 Å². The topological polar surface area (TPSA) is 111 Å². The lowest BCUT2D eigenvalue weighted by molar-refractivity contribution is -0.870. The highest BCUT2D eigenvalue weighted by Gasteiger charge is 2.22. The van der Waals surface area contributed by atoms with Crippen LogP contribution in [0, 0.1) is 0 Å². The largest absolute Gasteiger partial charge is 0.756 e. The Balaban J connectivity index is 4.16. The molecule has 91 heavy (non-hydrogen) atoms. The monoisotopic (exact) mass is 1280 g/mol. The molecule has 0 bridgehead atoms. The van der Waals surface area contributed by atoms with Gasteiger partial charge in [0.05, 0.1) is 27.7 Å². The molecule has 520 valence electrons. The van der Waals surface area contributed by atoms with E-state index in [0.717, 1.165) is 109 Å². The fraction of sp³-hybridized carbons (Fsp3) is 0.679. The normalized spacial score (nSPS) is 14.0. The Morgan fingerprint density at radius 1 is 0.352 bits per heavy atom. The molecular weight excluding hydrogens is 1150 g/mol. The van der Waals surface area contributed by atoms with Crippen molar-refractivity contribution in [2.24, 2.45) is 0 Å². The number of esters is 2. The number of hydrogen-bond acceptors (Lipinski definition) is 8. The van der Waals surface area contributed by atoms with Crippen LogP contribution in [0.2, 0.25) is 0 Å². The van der Waals surface area contributed by atoms with Gasteiger partial charge < -0.3 is 27.9 Å². The summed E-state index contributed by atoms with van der Waals surface area (Å²) in [6.07, 6.45) is 104. The summed E-state index contributed by atoms with van der Waals surface area (Å²) < 4.78 is 34.3. The molecule has 0 aromatic carbocycles. The van der Waals surface area contributed by atoms with Crippen molar-refractivity contribution in [1.82, 2.24) is 0 Å². The predicted molar refractivity (Wildman–Crippen MR) is 392 cm³/mol. The molecule has 0 aromatic rings. The third kappa shape index (κ3) is 74.8. The Morgan fingerprint density at radius 3 is 0.934 bits per heavy atom. The molecule has 0 radical (unpaired) electrons. The van der Waals surface area contributed by atoms with Gasteiger partial charge in [0.25, 0.3) is 7.82 Å². The molecule has 0 heterocycles. The fourth-order valence-electron chi connectivity index (χ4n) is 9.99. The zero-order valence-corrected chi connectivity index (χ0v) is 60.1. The lowest BCUT2D eigenvalue weighted by atomic mass is 10.0. The quantitative estimate of drug-likeness (QED) is 0.0195. The summed E-state index contributed by atoms with van der Waals surface area (Å²) in [6, 6.07) is 0. The first kappa shape index (κ1) is 86.9. The number of quaternary nitrogens is 1. The summed E-state index contributed by atoms with van der Waals surface area (Å²) in [5.74, 6) is -0.883. The first-order chi connectivity index (χ1) is 44.5. The molecule has 0 aliphatic carbocycles. The Labute approximate surface area is 561 Å². The molecule has 2 atom stereocenters. The van der Waals surface area contributed by atoms with Gasteiger partial charge in [-0.15, -0.1) is 0 Å². The van der Waals surface area contributed by atoms with Crippen LogP contribution in [-0.4, -0.2) is 70.0 Å². The second-order valence-electron chi connectivity index (χ2n) is 25.6. The predicted octanol–water partition coefficient (Wildman–Crippen LogP) is 23.9. The number of phosphoric acid groups is 1. The van der Waals surface area contributed by atoms with Gasteiger partial charge in [-0.2, -0.15) is 0 Å². The number of rotatable bonds is 67. The van der Waals surface area contributed by atoms with Gasteiger partial charge in [-0.3, -0.25) is 14.2 Å². The second-order valence-corrected chi connectivity index (χ2v) is 27.0. The zero-order chi connectivity index (χ0) is 66.2. The molecule has 0 aliphatic heterocycles. The van der Waals surface area contributed by atoms with Crippen molar-refractivity contribution < 1.29 is 42.1 Å². The number of likely N-dealkylation sites (N-methyl/N-ethyl adjacent to an activating group) is 1.